The Balaban J connectivity index is 1.32. The zero-order valence-electron chi connectivity index (χ0n) is 13.7. The molecule has 5 rings (SSSR count). The summed E-state index contributed by atoms with van der Waals surface area (Å²) >= 11 is 1.27. The van der Waals surface area contributed by atoms with Crippen LogP contribution in [0.4, 0.5) is 11.4 Å². The van der Waals surface area contributed by atoms with Gasteiger partial charge in [-0.1, -0.05) is 11.3 Å². The van der Waals surface area contributed by atoms with Crippen molar-refractivity contribution < 1.29 is 4.79 Å². The zero-order valence-corrected chi connectivity index (χ0v) is 14.5. The normalized spacial score (nSPS) is 17.4. The molecule has 128 valence electrons. The maximum atomic E-state index is 12.5. The summed E-state index contributed by atoms with van der Waals surface area (Å²) in [5.74, 6) is 1.12. The van der Waals surface area contributed by atoms with Gasteiger partial charge in [-0.2, -0.15) is 4.52 Å². The number of anilines is 2. The average molecular weight is 354 g/mol. The molecule has 1 saturated carbocycles. The van der Waals surface area contributed by atoms with Gasteiger partial charge in [0.2, 0.25) is 9.97 Å². The average Bonchev–Trinajstić information content (AvgIpc) is 3.03. The number of amides is 1. The second-order valence-electron chi connectivity index (χ2n) is 6.63. The SMILES string of the molecule is O=C(Nc1ccc(N2CCCC2)cc1)c1nn2c(C3CC3)nnc2s1. The van der Waals surface area contributed by atoms with Crippen molar-refractivity contribution >= 4 is 33.6 Å². The summed E-state index contributed by atoms with van der Waals surface area (Å²) in [4.78, 5) is 15.5. The van der Waals surface area contributed by atoms with E-state index in [1.807, 2.05) is 12.1 Å². The van der Waals surface area contributed by atoms with Crippen LogP contribution in [0, 0.1) is 0 Å². The summed E-state index contributed by atoms with van der Waals surface area (Å²) in [6.07, 6.45) is 4.76. The van der Waals surface area contributed by atoms with Gasteiger partial charge in [-0.3, -0.25) is 4.79 Å². The maximum Gasteiger partial charge on any atom is 0.286 e. The Morgan fingerprint density at radius 1 is 1.12 bits per heavy atom. The Hall–Kier alpha value is -2.48. The van der Waals surface area contributed by atoms with Crippen molar-refractivity contribution in [2.24, 2.45) is 0 Å². The number of fused-ring (bicyclic) bond motifs is 1. The molecule has 2 fully saturated rings. The first kappa shape index (κ1) is 14.8. The molecule has 1 aromatic carbocycles. The fraction of sp³-hybridized carbons (Fsp3) is 0.412. The molecule has 1 saturated heterocycles. The zero-order chi connectivity index (χ0) is 16.8. The fourth-order valence-electron chi connectivity index (χ4n) is 3.24. The number of rotatable bonds is 4. The molecule has 2 aliphatic rings. The summed E-state index contributed by atoms with van der Waals surface area (Å²) in [6, 6.07) is 8.01. The van der Waals surface area contributed by atoms with E-state index in [0.29, 0.717) is 15.9 Å². The lowest BCUT2D eigenvalue weighted by Crippen LogP contribution is -2.17. The van der Waals surface area contributed by atoms with Crippen LogP contribution >= 0.6 is 11.3 Å². The molecular weight excluding hydrogens is 336 g/mol. The summed E-state index contributed by atoms with van der Waals surface area (Å²) in [5.41, 5.74) is 1.99. The number of hydrogen-bond donors (Lipinski definition) is 1. The molecule has 0 unspecified atom stereocenters. The molecule has 1 amide bonds. The van der Waals surface area contributed by atoms with Gasteiger partial charge in [0.05, 0.1) is 0 Å². The highest BCUT2D eigenvalue weighted by Gasteiger charge is 2.30. The van der Waals surface area contributed by atoms with Crippen molar-refractivity contribution in [2.75, 3.05) is 23.3 Å². The summed E-state index contributed by atoms with van der Waals surface area (Å²) in [7, 11) is 0. The fourth-order valence-corrected chi connectivity index (χ4v) is 3.98. The smallest absolute Gasteiger partial charge is 0.286 e. The van der Waals surface area contributed by atoms with E-state index in [-0.39, 0.29) is 5.91 Å². The van der Waals surface area contributed by atoms with E-state index in [2.05, 4.69) is 37.6 Å². The standard InChI is InChI=1S/C17H18N6OS/c24-15(16-21-23-14(11-3-4-11)19-20-17(23)25-16)18-12-5-7-13(8-6-12)22-9-1-2-10-22/h5-8,11H,1-4,9-10H2,(H,18,24). The minimum Gasteiger partial charge on any atom is -0.372 e. The van der Waals surface area contributed by atoms with Crippen LogP contribution in [0.25, 0.3) is 4.96 Å². The van der Waals surface area contributed by atoms with Gasteiger partial charge in [0.15, 0.2) is 5.82 Å². The lowest BCUT2D eigenvalue weighted by Gasteiger charge is -2.17. The highest BCUT2D eigenvalue weighted by molar-refractivity contribution is 7.18. The van der Waals surface area contributed by atoms with Gasteiger partial charge >= 0.3 is 0 Å². The molecule has 3 aromatic rings. The molecule has 2 aromatic heterocycles. The van der Waals surface area contributed by atoms with E-state index < -0.39 is 0 Å². The Morgan fingerprint density at radius 2 is 1.88 bits per heavy atom. The second-order valence-corrected chi connectivity index (χ2v) is 7.59. The molecule has 1 N–H and O–H groups in total. The Bertz CT molecular complexity index is 920. The highest BCUT2D eigenvalue weighted by atomic mass is 32.1. The third-order valence-corrected chi connectivity index (χ3v) is 5.65. The van der Waals surface area contributed by atoms with Crippen LogP contribution in [0.1, 0.15) is 47.2 Å². The van der Waals surface area contributed by atoms with Crippen molar-refractivity contribution in [3.8, 4) is 0 Å². The number of aromatic nitrogens is 4. The largest absolute Gasteiger partial charge is 0.372 e. The first-order chi connectivity index (χ1) is 12.3. The summed E-state index contributed by atoms with van der Waals surface area (Å²) in [6.45, 7) is 2.23. The lowest BCUT2D eigenvalue weighted by molar-refractivity contribution is 0.102. The van der Waals surface area contributed by atoms with Gasteiger partial charge in [-0.15, -0.1) is 15.3 Å². The van der Waals surface area contributed by atoms with E-state index in [9.17, 15) is 4.79 Å². The molecule has 1 aliphatic heterocycles. The van der Waals surface area contributed by atoms with Crippen LogP contribution in [0.15, 0.2) is 24.3 Å². The number of nitrogens with zero attached hydrogens (tertiary/aromatic N) is 5. The molecule has 0 spiro atoms. The molecular formula is C17H18N6OS. The van der Waals surface area contributed by atoms with Gasteiger partial charge in [-0.25, -0.2) is 0 Å². The predicted octanol–water partition coefficient (Wildman–Crippen LogP) is 2.92. The van der Waals surface area contributed by atoms with Crippen molar-refractivity contribution in [3.05, 3.63) is 35.1 Å². The lowest BCUT2D eigenvalue weighted by atomic mass is 10.2. The van der Waals surface area contributed by atoms with Gasteiger partial charge < -0.3 is 10.2 Å². The van der Waals surface area contributed by atoms with Crippen molar-refractivity contribution in [1.82, 2.24) is 19.8 Å². The highest BCUT2D eigenvalue weighted by Crippen LogP contribution is 2.39. The number of benzene rings is 1. The van der Waals surface area contributed by atoms with Gasteiger partial charge in [0, 0.05) is 30.4 Å². The van der Waals surface area contributed by atoms with E-state index in [1.165, 1.54) is 29.9 Å². The molecule has 3 heterocycles. The Morgan fingerprint density at radius 3 is 2.60 bits per heavy atom. The van der Waals surface area contributed by atoms with Crippen LogP contribution < -0.4 is 10.2 Å². The topological polar surface area (TPSA) is 75.4 Å². The van der Waals surface area contributed by atoms with Gasteiger partial charge in [0.1, 0.15) is 0 Å². The molecule has 1 aliphatic carbocycles. The molecule has 0 bridgehead atoms. The van der Waals surface area contributed by atoms with Crippen LogP contribution in [0.2, 0.25) is 0 Å². The number of carbonyl (C=O) groups excluding carboxylic acids is 1. The van der Waals surface area contributed by atoms with E-state index >= 15 is 0 Å². The third-order valence-electron chi connectivity index (χ3n) is 4.75. The van der Waals surface area contributed by atoms with Gasteiger partial charge in [0.25, 0.3) is 5.91 Å². The second kappa shape index (κ2) is 5.80. The van der Waals surface area contributed by atoms with Crippen molar-refractivity contribution in [1.29, 1.82) is 0 Å². The van der Waals surface area contributed by atoms with Gasteiger partial charge in [-0.05, 0) is 49.9 Å². The van der Waals surface area contributed by atoms with E-state index in [1.54, 1.807) is 4.52 Å². The van der Waals surface area contributed by atoms with Crippen LogP contribution in [-0.2, 0) is 0 Å². The molecule has 25 heavy (non-hydrogen) atoms. The Kier molecular flexibility index (Phi) is 3.44. The minimum absolute atomic E-state index is 0.203. The molecule has 0 atom stereocenters. The van der Waals surface area contributed by atoms with E-state index in [0.717, 1.165) is 37.4 Å². The molecule has 8 heteroatoms. The molecule has 7 nitrogen and oxygen atoms in total. The quantitative estimate of drug-likeness (QED) is 0.780. The van der Waals surface area contributed by atoms with Crippen LogP contribution in [0.5, 0.6) is 0 Å². The number of carbonyl (C=O) groups is 1. The third kappa shape index (κ3) is 2.76. The Labute approximate surface area is 148 Å². The maximum absolute atomic E-state index is 12.5. The van der Waals surface area contributed by atoms with Crippen molar-refractivity contribution in [3.63, 3.8) is 0 Å². The van der Waals surface area contributed by atoms with Crippen molar-refractivity contribution in [2.45, 2.75) is 31.6 Å². The first-order valence-electron chi connectivity index (χ1n) is 8.66. The summed E-state index contributed by atoms with van der Waals surface area (Å²) < 4.78 is 1.72. The first-order valence-corrected chi connectivity index (χ1v) is 9.48. The van der Waals surface area contributed by atoms with Crippen LogP contribution in [-0.4, -0.2) is 38.8 Å². The van der Waals surface area contributed by atoms with E-state index in [4.69, 9.17) is 0 Å². The number of nitrogens with one attached hydrogen (secondary N) is 1. The minimum atomic E-state index is -0.203. The predicted molar refractivity (Wildman–Crippen MR) is 96.5 cm³/mol. The number of hydrogen-bond acceptors (Lipinski definition) is 6. The molecule has 0 radical (unpaired) electrons. The summed E-state index contributed by atoms with van der Waals surface area (Å²) in [5, 5.41) is 16.0. The van der Waals surface area contributed by atoms with Crippen LogP contribution in [0.3, 0.4) is 0 Å². The monoisotopic (exact) mass is 354 g/mol.